The van der Waals surface area contributed by atoms with Gasteiger partial charge in [-0.05, 0) is 44.0 Å². The topological polar surface area (TPSA) is 105 Å². The Morgan fingerprint density at radius 2 is 1.83 bits per heavy atom. The van der Waals surface area contributed by atoms with Crippen LogP contribution < -0.4 is 21.1 Å². The molecule has 4 rings (SSSR count). The van der Waals surface area contributed by atoms with Crippen molar-refractivity contribution in [3.8, 4) is 0 Å². The van der Waals surface area contributed by atoms with Gasteiger partial charge in [0.05, 0.1) is 18.2 Å². The molecule has 0 aliphatic carbocycles. The van der Waals surface area contributed by atoms with Gasteiger partial charge in [0.2, 0.25) is 5.91 Å². The van der Waals surface area contributed by atoms with Crippen LogP contribution in [0.4, 0.5) is 22.9 Å². The molecule has 0 bridgehead atoms. The molecule has 1 aromatic carbocycles. The molecule has 9 nitrogen and oxygen atoms in total. The van der Waals surface area contributed by atoms with E-state index in [4.69, 9.17) is 0 Å². The Bertz CT molecular complexity index is 1090. The van der Waals surface area contributed by atoms with Gasteiger partial charge in [-0.25, -0.2) is 4.98 Å². The van der Waals surface area contributed by atoms with E-state index >= 15 is 0 Å². The van der Waals surface area contributed by atoms with Crippen molar-refractivity contribution in [1.82, 2.24) is 19.7 Å². The molecule has 2 aromatic heterocycles. The summed E-state index contributed by atoms with van der Waals surface area (Å²) in [6.07, 6.45) is 5.56. The number of amides is 1. The van der Waals surface area contributed by atoms with Gasteiger partial charge in [0.15, 0.2) is 5.82 Å². The number of hydrogen-bond donors (Lipinski definition) is 2. The minimum Gasteiger partial charge on any atom is -0.370 e. The second kappa shape index (κ2) is 8.73. The third kappa shape index (κ3) is 4.80. The predicted molar refractivity (Wildman–Crippen MR) is 115 cm³/mol. The largest absolute Gasteiger partial charge is 0.370 e. The molecule has 2 N–H and O–H groups in total. The molecule has 1 aliphatic rings. The summed E-state index contributed by atoms with van der Waals surface area (Å²) in [6, 6.07) is 10.7. The number of carbonyl (C=O) groups excluding carboxylic acids is 1. The first-order valence-corrected chi connectivity index (χ1v) is 9.84. The van der Waals surface area contributed by atoms with Gasteiger partial charge >= 0.3 is 0 Å². The first-order valence-electron chi connectivity index (χ1n) is 9.84. The molecule has 30 heavy (non-hydrogen) atoms. The summed E-state index contributed by atoms with van der Waals surface area (Å²) in [6.45, 7) is 3.73. The Kier molecular flexibility index (Phi) is 5.69. The molecule has 1 saturated heterocycles. The Labute approximate surface area is 173 Å². The smallest absolute Gasteiger partial charge is 0.253 e. The summed E-state index contributed by atoms with van der Waals surface area (Å²) < 4.78 is 1.27. The number of aryl methyl sites for hydroxylation is 1. The van der Waals surface area contributed by atoms with Crippen molar-refractivity contribution < 1.29 is 4.79 Å². The first-order chi connectivity index (χ1) is 14.6. The molecule has 0 atom stereocenters. The Balaban J connectivity index is 1.36. The van der Waals surface area contributed by atoms with E-state index in [1.807, 2.05) is 18.2 Å². The molecule has 9 heteroatoms. The van der Waals surface area contributed by atoms with Crippen LogP contribution in [0.1, 0.15) is 18.5 Å². The summed E-state index contributed by atoms with van der Waals surface area (Å²) in [5.41, 5.74) is 2.90. The van der Waals surface area contributed by atoms with Crippen molar-refractivity contribution in [2.75, 3.05) is 28.6 Å². The van der Waals surface area contributed by atoms with E-state index in [9.17, 15) is 9.59 Å². The Hall–Kier alpha value is -3.75. The Morgan fingerprint density at radius 3 is 2.57 bits per heavy atom. The molecule has 3 aromatic rings. The minimum absolute atomic E-state index is 0.0923. The number of anilines is 4. The van der Waals surface area contributed by atoms with Crippen molar-refractivity contribution in [1.29, 1.82) is 0 Å². The van der Waals surface area contributed by atoms with Crippen LogP contribution in [0.15, 0.2) is 53.7 Å². The van der Waals surface area contributed by atoms with Crippen LogP contribution in [0.3, 0.4) is 0 Å². The number of carbonyl (C=O) groups is 1. The fraction of sp³-hybridized carbons (Fsp3) is 0.286. The third-order valence-electron chi connectivity index (χ3n) is 4.88. The molecule has 1 aliphatic heterocycles. The van der Waals surface area contributed by atoms with E-state index < -0.39 is 0 Å². The molecule has 0 spiro atoms. The first kappa shape index (κ1) is 19.6. The average molecular weight is 405 g/mol. The molecule has 1 amide bonds. The lowest BCUT2D eigenvalue weighted by atomic mass is 10.2. The zero-order valence-electron chi connectivity index (χ0n) is 16.7. The second-order valence-electron chi connectivity index (χ2n) is 7.24. The fourth-order valence-electron chi connectivity index (χ4n) is 3.34. The monoisotopic (exact) mass is 405 g/mol. The lowest BCUT2D eigenvalue weighted by Crippen LogP contribution is -2.27. The summed E-state index contributed by atoms with van der Waals surface area (Å²) in [4.78, 5) is 30.4. The van der Waals surface area contributed by atoms with Gasteiger partial charge in [0.1, 0.15) is 6.54 Å². The van der Waals surface area contributed by atoms with Gasteiger partial charge in [0.25, 0.3) is 5.56 Å². The number of benzene rings is 1. The molecule has 154 valence electrons. The van der Waals surface area contributed by atoms with Gasteiger partial charge in [-0.15, -0.1) is 5.10 Å². The maximum absolute atomic E-state index is 12.2. The lowest BCUT2D eigenvalue weighted by Gasteiger charge is -2.17. The van der Waals surface area contributed by atoms with Crippen LogP contribution in [-0.2, 0) is 11.3 Å². The molecule has 1 fully saturated rings. The molecular weight excluding hydrogens is 382 g/mol. The van der Waals surface area contributed by atoms with Crippen LogP contribution in [-0.4, -0.2) is 38.7 Å². The van der Waals surface area contributed by atoms with E-state index in [0.29, 0.717) is 17.2 Å². The van der Waals surface area contributed by atoms with Crippen molar-refractivity contribution >= 4 is 28.8 Å². The zero-order chi connectivity index (χ0) is 20.9. The maximum atomic E-state index is 12.2. The third-order valence-corrected chi connectivity index (χ3v) is 4.88. The quantitative estimate of drug-likeness (QED) is 0.648. The SMILES string of the molecule is Cc1cc(=O)n(CC(=O)Nc2ccc(Nc3cc(N4CCCC4)cnn3)cc2)cn1. The van der Waals surface area contributed by atoms with Gasteiger partial charge in [-0.2, -0.15) is 5.10 Å². The predicted octanol–water partition coefficient (Wildman–Crippen LogP) is 2.32. The summed E-state index contributed by atoms with van der Waals surface area (Å²) in [5.74, 6) is 0.370. The lowest BCUT2D eigenvalue weighted by molar-refractivity contribution is -0.116. The van der Waals surface area contributed by atoms with E-state index in [0.717, 1.165) is 24.5 Å². The molecule has 3 heterocycles. The number of rotatable bonds is 6. The summed E-state index contributed by atoms with van der Waals surface area (Å²) in [7, 11) is 0. The molecule has 0 radical (unpaired) electrons. The average Bonchev–Trinajstić information content (AvgIpc) is 3.27. The Morgan fingerprint density at radius 1 is 1.10 bits per heavy atom. The highest BCUT2D eigenvalue weighted by Crippen LogP contribution is 2.23. The summed E-state index contributed by atoms with van der Waals surface area (Å²) >= 11 is 0. The highest BCUT2D eigenvalue weighted by molar-refractivity contribution is 5.90. The number of nitrogens with zero attached hydrogens (tertiary/aromatic N) is 5. The second-order valence-corrected chi connectivity index (χ2v) is 7.24. The molecule has 0 saturated carbocycles. The zero-order valence-corrected chi connectivity index (χ0v) is 16.7. The fourth-order valence-corrected chi connectivity index (χ4v) is 3.34. The van der Waals surface area contributed by atoms with Gasteiger partial charge < -0.3 is 15.5 Å². The van der Waals surface area contributed by atoms with Crippen molar-refractivity contribution in [3.05, 3.63) is 65.0 Å². The van der Waals surface area contributed by atoms with Crippen LogP contribution >= 0.6 is 0 Å². The normalized spacial score (nSPS) is 13.3. The van der Waals surface area contributed by atoms with E-state index in [1.54, 1.807) is 25.3 Å². The van der Waals surface area contributed by atoms with Crippen LogP contribution in [0, 0.1) is 6.92 Å². The van der Waals surface area contributed by atoms with Crippen LogP contribution in [0.2, 0.25) is 0 Å². The van der Waals surface area contributed by atoms with E-state index in [2.05, 4.69) is 30.7 Å². The highest BCUT2D eigenvalue weighted by atomic mass is 16.2. The van der Waals surface area contributed by atoms with Gasteiger partial charge in [0, 0.05) is 42.3 Å². The van der Waals surface area contributed by atoms with Crippen molar-refractivity contribution in [3.63, 3.8) is 0 Å². The molecular formula is C21H23N7O2. The van der Waals surface area contributed by atoms with Crippen LogP contribution in [0.5, 0.6) is 0 Å². The number of nitrogens with one attached hydrogen (secondary N) is 2. The van der Waals surface area contributed by atoms with Crippen LogP contribution in [0.25, 0.3) is 0 Å². The van der Waals surface area contributed by atoms with Crippen molar-refractivity contribution in [2.45, 2.75) is 26.3 Å². The van der Waals surface area contributed by atoms with E-state index in [-0.39, 0.29) is 18.0 Å². The van der Waals surface area contributed by atoms with Crippen molar-refractivity contribution in [2.24, 2.45) is 0 Å². The number of hydrogen-bond acceptors (Lipinski definition) is 7. The molecule has 0 unspecified atom stereocenters. The highest BCUT2D eigenvalue weighted by Gasteiger charge is 2.13. The van der Waals surface area contributed by atoms with Gasteiger partial charge in [-0.3, -0.25) is 14.2 Å². The van der Waals surface area contributed by atoms with Gasteiger partial charge in [-0.1, -0.05) is 0 Å². The number of aromatic nitrogens is 4. The van der Waals surface area contributed by atoms with E-state index in [1.165, 1.54) is 29.8 Å². The summed E-state index contributed by atoms with van der Waals surface area (Å²) in [5, 5.41) is 14.2. The minimum atomic E-state index is -0.298. The maximum Gasteiger partial charge on any atom is 0.253 e. The standard InChI is InChI=1S/C21H23N7O2/c1-15-10-21(30)28(14-22-15)13-20(29)25-17-6-4-16(5-7-17)24-19-11-18(12-23-26-19)27-8-2-3-9-27/h4-7,10-12,14H,2-3,8-9,13H2,1H3,(H,24,26)(H,25,29).